The van der Waals surface area contributed by atoms with Crippen LogP contribution >= 0.6 is 11.8 Å². The highest BCUT2D eigenvalue weighted by Gasteiger charge is 1.94. The molecule has 1 N–H and O–H groups in total. The molecule has 0 aromatic carbocycles. The molecule has 60 valence electrons. The molecule has 0 spiro atoms. The van der Waals surface area contributed by atoms with Crippen LogP contribution in [0, 0.1) is 0 Å². The van der Waals surface area contributed by atoms with Crippen molar-refractivity contribution in [1.82, 2.24) is 0 Å². The van der Waals surface area contributed by atoms with Crippen molar-refractivity contribution in [2.45, 2.75) is 12.7 Å². The molecule has 1 atom stereocenters. The maximum Gasteiger partial charge on any atom is 0.173 e. The Labute approximate surface area is 66.3 Å². The highest BCUT2D eigenvalue weighted by atomic mass is 32.2. The Kier molecular flexibility index (Phi) is 7.13. The van der Waals surface area contributed by atoms with E-state index in [9.17, 15) is 0 Å². The maximum atomic E-state index is 8.81. The Balaban J connectivity index is 2.95. The van der Waals surface area contributed by atoms with Gasteiger partial charge in [0.1, 0.15) is 0 Å². The molecule has 1 unspecified atom stereocenters. The largest absolute Gasteiger partial charge is 0.365 e. The summed E-state index contributed by atoms with van der Waals surface area (Å²) in [7, 11) is 0. The second-order valence-electron chi connectivity index (χ2n) is 1.84. The minimum absolute atomic E-state index is 0.605. The first kappa shape index (κ1) is 10.0. The number of aliphatic hydroxyl groups excluding tert-OH is 1. The molecule has 0 amide bonds. The average Bonchev–Trinajstić information content (AvgIpc) is 1.98. The number of aliphatic hydroxyl groups is 1. The minimum atomic E-state index is -0.790. The Morgan fingerprint density at radius 1 is 1.80 bits per heavy atom. The van der Waals surface area contributed by atoms with Gasteiger partial charge >= 0.3 is 0 Å². The van der Waals surface area contributed by atoms with Crippen molar-refractivity contribution in [2.24, 2.45) is 0 Å². The van der Waals surface area contributed by atoms with Crippen LogP contribution in [0.1, 0.15) is 6.42 Å². The molecule has 10 heavy (non-hydrogen) atoms. The molecule has 0 saturated heterocycles. The molecule has 0 radical (unpaired) electrons. The molecule has 0 rings (SSSR count). The lowest BCUT2D eigenvalue weighted by molar-refractivity contribution is -0.0631. The second kappa shape index (κ2) is 7.12. The average molecular weight is 162 g/mol. The standard InChI is InChI=1S/C7H14O2S/c1-3-7(8)9-5-4-6-10-2/h3,7-8H,1,4-6H2,2H3. The van der Waals surface area contributed by atoms with E-state index in [1.54, 1.807) is 11.8 Å². The van der Waals surface area contributed by atoms with Crippen LogP contribution in [0.2, 0.25) is 0 Å². The molecule has 3 heteroatoms. The van der Waals surface area contributed by atoms with E-state index in [4.69, 9.17) is 9.84 Å². The lowest BCUT2D eigenvalue weighted by Crippen LogP contribution is -2.09. The van der Waals surface area contributed by atoms with Crippen LogP contribution in [0.15, 0.2) is 12.7 Å². The van der Waals surface area contributed by atoms with Gasteiger partial charge in [-0.25, -0.2) is 0 Å². The molecule has 0 aromatic rings. The van der Waals surface area contributed by atoms with Crippen LogP contribution in [0.4, 0.5) is 0 Å². The second-order valence-corrected chi connectivity index (χ2v) is 2.83. The molecule has 0 bridgehead atoms. The molecule has 0 saturated carbocycles. The normalized spacial score (nSPS) is 13.0. The minimum Gasteiger partial charge on any atom is -0.365 e. The number of rotatable bonds is 6. The Morgan fingerprint density at radius 2 is 2.50 bits per heavy atom. The molecular formula is C7H14O2S. The van der Waals surface area contributed by atoms with Crippen molar-refractivity contribution < 1.29 is 9.84 Å². The molecule has 0 heterocycles. The van der Waals surface area contributed by atoms with Gasteiger partial charge in [-0.15, -0.1) is 0 Å². The number of ether oxygens (including phenoxy) is 1. The summed E-state index contributed by atoms with van der Waals surface area (Å²) in [5, 5.41) is 8.81. The third kappa shape index (κ3) is 6.13. The van der Waals surface area contributed by atoms with Crippen LogP contribution in [0.3, 0.4) is 0 Å². The summed E-state index contributed by atoms with van der Waals surface area (Å²) in [5.41, 5.74) is 0. The lowest BCUT2D eigenvalue weighted by atomic mass is 10.5. The molecular weight excluding hydrogens is 148 g/mol. The predicted octanol–water partition coefficient (Wildman–Crippen LogP) is 1.26. The summed E-state index contributed by atoms with van der Waals surface area (Å²) in [5.74, 6) is 1.07. The molecule has 0 aromatic heterocycles. The van der Waals surface area contributed by atoms with Crippen LogP contribution in [-0.4, -0.2) is 30.0 Å². The topological polar surface area (TPSA) is 29.5 Å². The first-order chi connectivity index (χ1) is 4.81. The summed E-state index contributed by atoms with van der Waals surface area (Å²) in [6, 6.07) is 0. The van der Waals surface area contributed by atoms with Crippen molar-refractivity contribution >= 4 is 11.8 Å². The van der Waals surface area contributed by atoms with Gasteiger partial charge in [0.05, 0.1) is 6.61 Å². The first-order valence-electron chi connectivity index (χ1n) is 3.22. The van der Waals surface area contributed by atoms with Gasteiger partial charge in [0.2, 0.25) is 0 Å². The van der Waals surface area contributed by atoms with Gasteiger partial charge in [-0.2, -0.15) is 11.8 Å². The molecule has 0 aliphatic rings. The summed E-state index contributed by atoms with van der Waals surface area (Å²) < 4.78 is 4.92. The Hall–Kier alpha value is 0.0100. The van der Waals surface area contributed by atoms with Crippen LogP contribution in [0.5, 0.6) is 0 Å². The highest BCUT2D eigenvalue weighted by Crippen LogP contribution is 1.97. The predicted molar refractivity (Wildman–Crippen MR) is 45.2 cm³/mol. The molecule has 0 aliphatic heterocycles. The molecule has 0 fully saturated rings. The number of hydrogen-bond acceptors (Lipinski definition) is 3. The molecule has 2 nitrogen and oxygen atoms in total. The smallest absolute Gasteiger partial charge is 0.173 e. The summed E-state index contributed by atoms with van der Waals surface area (Å²) in [6.45, 7) is 3.98. The monoisotopic (exact) mass is 162 g/mol. The lowest BCUT2D eigenvalue weighted by Gasteiger charge is -2.05. The fourth-order valence-electron chi connectivity index (χ4n) is 0.475. The van der Waals surface area contributed by atoms with Gasteiger partial charge in [-0.1, -0.05) is 6.58 Å². The van der Waals surface area contributed by atoms with E-state index in [-0.39, 0.29) is 0 Å². The van der Waals surface area contributed by atoms with Crippen LogP contribution < -0.4 is 0 Å². The van der Waals surface area contributed by atoms with Gasteiger partial charge in [-0.3, -0.25) is 0 Å². The van der Waals surface area contributed by atoms with Gasteiger partial charge in [0.25, 0.3) is 0 Å². The zero-order valence-corrected chi connectivity index (χ0v) is 7.06. The van der Waals surface area contributed by atoms with E-state index in [1.165, 1.54) is 6.08 Å². The Morgan fingerprint density at radius 3 is 3.00 bits per heavy atom. The summed E-state index contributed by atoms with van der Waals surface area (Å²) in [4.78, 5) is 0. The molecule has 0 aliphatic carbocycles. The summed E-state index contributed by atoms with van der Waals surface area (Å²) >= 11 is 1.77. The van der Waals surface area contributed by atoms with Crippen LogP contribution in [-0.2, 0) is 4.74 Å². The van der Waals surface area contributed by atoms with Gasteiger partial charge < -0.3 is 9.84 Å². The van der Waals surface area contributed by atoms with Crippen molar-refractivity contribution in [2.75, 3.05) is 18.6 Å². The van der Waals surface area contributed by atoms with E-state index in [0.29, 0.717) is 6.61 Å². The van der Waals surface area contributed by atoms with Crippen molar-refractivity contribution in [3.63, 3.8) is 0 Å². The third-order valence-corrected chi connectivity index (χ3v) is 1.68. The number of thioether (sulfide) groups is 1. The summed E-state index contributed by atoms with van der Waals surface area (Å²) in [6.07, 6.45) is 3.61. The van der Waals surface area contributed by atoms with Gasteiger partial charge in [0.15, 0.2) is 6.29 Å². The van der Waals surface area contributed by atoms with Gasteiger partial charge in [0, 0.05) is 0 Å². The zero-order valence-electron chi connectivity index (χ0n) is 6.25. The quantitative estimate of drug-likeness (QED) is 0.362. The van der Waals surface area contributed by atoms with Crippen LogP contribution in [0.25, 0.3) is 0 Å². The van der Waals surface area contributed by atoms with E-state index in [2.05, 4.69) is 6.58 Å². The van der Waals surface area contributed by atoms with E-state index >= 15 is 0 Å². The van der Waals surface area contributed by atoms with E-state index in [1.807, 2.05) is 6.26 Å². The van der Waals surface area contributed by atoms with Crippen molar-refractivity contribution in [3.05, 3.63) is 12.7 Å². The Bertz CT molecular complexity index is 85.7. The highest BCUT2D eigenvalue weighted by molar-refractivity contribution is 7.98. The third-order valence-electron chi connectivity index (χ3n) is 0.983. The number of hydrogen-bond donors (Lipinski definition) is 1. The van der Waals surface area contributed by atoms with Crippen molar-refractivity contribution in [1.29, 1.82) is 0 Å². The first-order valence-corrected chi connectivity index (χ1v) is 4.61. The SMILES string of the molecule is C=CC(O)OCCCSC. The van der Waals surface area contributed by atoms with E-state index in [0.717, 1.165) is 12.2 Å². The fraction of sp³-hybridized carbons (Fsp3) is 0.714. The van der Waals surface area contributed by atoms with Gasteiger partial charge in [-0.05, 0) is 24.5 Å². The van der Waals surface area contributed by atoms with E-state index < -0.39 is 6.29 Å². The fourth-order valence-corrected chi connectivity index (χ4v) is 0.882. The van der Waals surface area contributed by atoms with Crippen molar-refractivity contribution in [3.8, 4) is 0 Å². The zero-order chi connectivity index (χ0) is 7.82. The maximum absolute atomic E-state index is 8.81.